The fraction of sp³-hybridized carbons (Fsp3) is 0.591. The molecule has 0 bridgehead atoms. The van der Waals surface area contributed by atoms with Gasteiger partial charge in [0.15, 0.2) is 0 Å². The van der Waals surface area contributed by atoms with E-state index in [1.807, 2.05) is 32.1 Å². The maximum Gasteiger partial charge on any atom is 0.0695 e. The maximum absolute atomic E-state index is 5.20. The molecule has 0 spiro atoms. The molecule has 0 aromatic rings. The van der Waals surface area contributed by atoms with E-state index in [2.05, 4.69) is 33.9 Å². The summed E-state index contributed by atoms with van der Waals surface area (Å²) in [6, 6.07) is 0. The van der Waals surface area contributed by atoms with E-state index in [9.17, 15) is 0 Å². The predicted octanol–water partition coefficient (Wildman–Crippen LogP) is 6.52. The van der Waals surface area contributed by atoms with Gasteiger partial charge in [0.05, 0.1) is 5.70 Å². The highest BCUT2D eigenvalue weighted by atomic mass is 16.5. The van der Waals surface area contributed by atoms with Crippen molar-refractivity contribution in [1.29, 1.82) is 0 Å². The number of methoxy groups -OCH3 is 1. The molecule has 0 aliphatic rings. The topological polar surface area (TPSA) is 21.6 Å². The average Bonchev–Trinajstić information content (AvgIpc) is 2.55. The van der Waals surface area contributed by atoms with Gasteiger partial charge in [0, 0.05) is 19.4 Å². The van der Waals surface area contributed by atoms with Crippen molar-refractivity contribution in [1.82, 2.24) is 0 Å². The summed E-state index contributed by atoms with van der Waals surface area (Å²) in [6.45, 7) is 19.6. The van der Waals surface area contributed by atoms with Crippen LogP contribution in [0, 0.1) is 11.8 Å². The van der Waals surface area contributed by atoms with Crippen molar-refractivity contribution in [2.75, 3.05) is 13.7 Å². The second kappa shape index (κ2) is 12.9. The molecule has 24 heavy (non-hydrogen) atoms. The lowest BCUT2D eigenvalue weighted by Gasteiger charge is -2.25. The highest BCUT2D eigenvalue weighted by Gasteiger charge is 2.20. The predicted molar refractivity (Wildman–Crippen MR) is 109 cm³/mol. The van der Waals surface area contributed by atoms with Crippen LogP contribution in [0.15, 0.2) is 53.2 Å². The van der Waals surface area contributed by atoms with E-state index in [4.69, 9.17) is 9.73 Å². The molecule has 0 fully saturated rings. The van der Waals surface area contributed by atoms with Crippen molar-refractivity contribution in [3.63, 3.8) is 0 Å². The molecule has 0 amide bonds. The molecule has 0 aliphatic carbocycles. The minimum Gasteiger partial charge on any atom is -0.385 e. The number of rotatable bonds is 12. The van der Waals surface area contributed by atoms with E-state index >= 15 is 0 Å². The first-order valence-corrected chi connectivity index (χ1v) is 9.12. The molecule has 136 valence electrons. The molecule has 0 saturated carbocycles. The third kappa shape index (κ3) is 7.92. The molecule has 0 rings (SSSR count). The summed E-state index contributed by atoms with van der Waals surface area (Å²) in [5, 5.41) is 0. The third-order valence-corrected chi connectivity index (χ3v) is 4.36. The second-order valence-corrected chi connectivity index (χ2v) is 6.65. The van der Waals surface area contributed by atoms with Gasteiger partial charge in [-0.05, 0) is 56.1 Å². The van der Waals surface area contributed by atoms with E-state index in [0.717, 1.165) is 42.9 Å². The van der Waals surface area contributed by atoms with Crippen LogP contribution in [-0.4, -0.2) is 19.4 Å². The molecular formula is C22H37NO. The summed E-state index contributed by atoms with van der Waals surface area (Å²) in [6.07, 6.45) is 10.2. The molecule has 2 unspecified atom stereocenters. The van der Waals surface area contributed by atoms with Gasteiger partial charge in [0.2, 0.25) is 0 Å². The van der Waals surface area contributed by atoms with Crippen molar-refractivity contribution < 1.29 is 4.74 Å². The van der Waals surface area contributed by atoms with Crippen LogP contribution in [-0.2, 0) is 4.74 Å². The zero-order valence-electron chi connectivity index (χ0n) is 16.7. The van der Waals surface area contributed by atoms with Crippen LogP contribution in [0.4, 0.5) is 0 Å². The van der Waals surface area contributed by atoms with Gasteiger partial charge in [0.25, 0.3) is 0 Å². The lowest BCUT2D eigenvalue weighted by molar-refractivity contribution is 0.184. The second-order valence-electron chi connectivity index (χ2n) is 6.65. The third-order valence-electron chi connectivity index (χ3n) is 4.36. The Labute approximate surface area is 150 Å². The highest BCUT2D eigenvalue weighted by molar-refractivity contribution is 5.81. The van der Waals surface area contributed by atoms with Gasteiger partial charge in [0.1, 0.15) is 0 Å². The Hall–Kier alpha value is -1.41. The standard InChI is InChI=1S/C22H37NO/c1-9-13-20(11-3)22(23-17(4)5)21(14-10-2)19(7)18(6)15-12-16-24-8/h9,11,13,18-19H,1,3,10,12,14-16H2,2,4-8H3/b20-13+,22-21-. The van der Waals surface area contributed by atoms with E-state index in [0.29, 0.717) is 11.8 Å². The lowest BCUT2D eigenvalue weighted by Crippen LogP contribution is -2.14. The molecular weight excluding hydrogens is 294 g/mol. The number of hydrogen-bond acceptors (Lipinski definition) is 2. The number of allylic oxidation sites excluding steroid dienone is 4. The maximum atomic E-state index is 5.20. The summed E-state index contributed by atoms with van der Waals surface area (Å²) in [5.74, 6) is 1.08. The van der Waals surface area contributed by atoms with Crippen LogP contribution in [0.3, 0.4) is 0 Å². The van der Waals surface area contributed by atoms with Crippen LogP contribution in [0.25, 0.3) is 0 Å². The quantitative estimate of drug-likeness (QED) is 0.227. The van der Waals surface area contributed by atoms with E-state index in [1.165, 1.54) is 12.0 Å². The Morgan fingerprint density at radius 3 is 2.33 bits per heavy atom. The minimum absolute atomic E-state index is 0.480. The van der Waals surface area contributed by atoms with Crippen molar-refractivity contribution in [3.05, 3.63) is 48.2 Å². The highest BCUT2D eigenvalue weighted by Crippen LogP contribution is 2.33. The van der Waals surface area contributed by atoms with Crippen LogP contribution >= 0.6 is 0 Å². The summed E-state index contributed by atoms with van der Waals surface area (Å²) >= 11 is 0. The van der Waals surface area contributed by atoms with Gasteiger partial charge in [-0.25, -0.2) is 0 Å². The smallest absolute Gasteiger partial charge is 0.0695 e. The van der Waals surface area contributed by atoms with Crippen molar-refractivity contribution in [2.45, 2.75) is 60.3 Å². The van der Waals surface area contributed by atoms with Gasteiger partial charge in [-0.15, -0.1) is 0 Å². The molecule has 0 aliphatic heterocycles. The monoisotopic (exact) mass is 331 g/mol. The number of aliphatic imine (C=N–C) groups is 1. The normalized spacial score (nSPS) is 15.3. The number of hydrogen-bond donors (Lipinski definition) is 0. The largest absolute Gasteiger partial charge is 0.385 e. The Kier molecular flexibility index (Phi) is 12.2. The molecule has 0 radical (unpaired) electrons. The summed E-state index contributed by atoms with van der Waals surface area (Å²) < 4.78 is 5.20. The zero-order valence-corrected chi connectivity index (χ0v) is 16.7. The van der Waals surface area contributed by atoms with E-state index in [-0.39, 0.29) is 0 Å². The van der Waals surface area contributed by atoms with Crippen molar-refractivity contribution >= 4 is 5.71 Å². The van der Waals surface area contributed by atoms with Crippen LogP contribution in [0.5, 0.6) is 0 Å². The first kappa shape index (κ1) is 22.6. The van der Waals surface area contributed by atoms with Crippen molar-refractivity contribution in [2.24, 2.45) is 16.8 Å². The zero-order chi connectivity index (χ0) is 18.5. The number of ether oxygens (including phenoxy) is 1. The summed E-state index contributed by atoms with van der Waals surface area (Å²) in [4.78, 5) is 4.87. The van der Waals surface area contributed by atoms with Gasteiger partial charge in [-0.3, -0.25) is 4.99 Å². The molecule has 0 N–H and O–H groups in total. The molecule has 0 heterocycles. The Bertz CT molecular complexity index is 478. The average molecular weight is 332 g/mol. The van der Waals surface area contributed by atoms with Crippen molar-refractivity contribution in [3.8, 4) is 0 Å². The Morgan fingerprint density at radius 1 is 1.21 bits per heavy atom. The van der Waals surface area contributed by atoms with Crippen LogP contribution in [0.2, 0.25) is 0 Å². The first-order chi connectivity index (χ1) is 11.4. The SMILES string of the molecule is C=C/C=C(C=C)/C(N=C(C)C)=C(\CCC)C(C)C(C)CCCOC. The molecule has 0 aromatic heterocycles. The molecule has 0 saturated heterocycles. The first-order valence-electron chi connectivity index (χ1n) is 9.12. The lowest BCUT2D eigenvalue weighted by atomic mass is 9.81. The van der Waals surface area contributed by atoms with Gasteiger partial charge < -0.3 is 4.74 Å². The molecule has 2 nitrogen and oxygen atoms in total. The summed E-state index contributed by atoms with van der Waals surface area (Å²) in [5.41, 5.74) is 4.63. The van der Waals surface area contributed by atoms with E-state index < -0.39 is 0 Å². The molecule has 2 atom stereocenters. The number of nitrogens with zero attached hydrogens (tertiary/aromatic N) is 1. The Morgan fingerprint density at radius 2 is 1.88 bits per heavy atom. The summed E-state index contributed by atoms with van der Waals surface area (Å²) in [7, 11) is 1.77. The fourth-order valence-corrected chi connectivity index (χ4v) is 2.89. The fourth-order valence-electron chi connectivity index (χ4n) is 2.89. The van der Waals surface area contributed by atoms with Gasteiger partial charge in [-0.1, -0.05) is 58.6 Å². The van der Waals surface area contributed by atoms with Gasteiger partial charge >= 0.3 is 0 Å². The van der Waals surface area contributed by atoms with Gasteiger partial charge in [-0.2, -0.15) is 0 Å². The van der Waals surface area contributed by atoms with Crippen LogP contribution < -0.4 is 0 Å². The molecule has 2 heteroatoms. The minimum atomic E-state index is 0.480. The van der Waals surface area contributed by atoms with E-state index in [1.54, 1.807) is 7.11 Å². The Balaban J connectivity index is 5.88. The van der Waals surface area contributed by atoms with Crippen LogP contribution in [0.1, 0.15) is 60.3 Å². The molecule has 0 aromatic carbocycles.